The van der Waals surface area contributed by atoms with Crippen LogP contribution in [0.15, 0.2) is 18.2 Å². The number of urea groups is 1. The zero-order valence-corrected chi connectivity index (χ0v) is 13.2. The molecule has 0 aromatic heterocycles. The number of hydrogen-bond acceptors (Lipinski definition) is 2. The number of piperidine rings is 1. The Morgan fingerprint density at radius 2 is 2.37 bits per heavy atom. The monoisotopic (exact) mass is 374 g/mol. The predicted octanol–water partition coefficient (Wildman–Crippen LogP) is 2.84. The van der Waals surface area contributed by atoms with Crippen LogP contribution in [-0.4, -0.2) is 35.7 Å². The van der Waals surface area contributed by atoms with Gasteiger partial charge in [-0.05, 0) is 72.0 Å². The largest absolute Gasteiger partial charge is 0.396 e. The second kappa shape index (κ2) is 6.56. The molecule has 2 amide bonds. The molecule has 104 valence electrons. The molecule has 2 rings (SSSR count). The summed E-state index contributed by atoms with van der Waals surface area (Å²) in [6.07, 6.45) is 1.97. The first-order chi connectivity index (χ1) is 9.10. The van der Waals surface area contributed by atoms with E-state index < -0.39 is 0 Å². The van der Waals surface area contributed by atoms with Crippen molar-refractivity contribution >= 4 is 34.3 Å². The molecule has 1 atom stereocenters. The molecule has 1 aromatic carbocycles. The molecule has 1 saturated heterocycles. The van der Waals surface area contributed by atoms with Crippen molar-refractivity contribution in [3.05, 3.63) is 27.3 Å². The molecule has 1 aromatic rings. The van der Waals surface area contributed by atoms with Gasteiger partial charge in [0.05, 0.1) is 0 Å². The maximum Gasteiger partial charge on any atom is 0.321 e. The second-order valence-electron chi connectivity index (χ2n) is 5.03. The van der Waals surface area contributed by atoms with Crippen molar-refractivity contribution in [1.82, 2.24) is 4.90 Å². The summed E-state index contributed by atoms with van der Waals surface area (Å²) in [7, 11) is 0. The van der Waals surface area contributed by atoms with E-state index in [0.717, 1.165) is 34.2 Å². The summed E-state index contributed by atoms with van der Waals surface area (Å²) in [4.78, 5) is 14.0. The van der Waals surface area contributed by atoms with Crippen molar-refractivity contribution in [1.29, 1.82) is 0 Å². The Labute approximate surface area is 127 Å². The van der Waals surface area contributed by atoms with Crippen LogP contribution in [0, 0.1) is 16.4 Å². The number of aryl methyl sites for hydroxylation is 1. The van der Waals surface area contributed by atoms with E-state index in [9.17, 15) is 9.90 Å². The molecule has 1 unspecified atom stereocenters. The quantitative estimate of drug-likeness (QED) is 0.783. The Morgan fingerprint density at radius 1 is 1.58 bits per heavy atom. The third kappa shape index (κ3) is 3.82. The van der Waals surface area contributed by atoms with Crippen LogP contribution in [0.3, 0.4) is 0 Å². The van der Waals surface area contributed by atoms with Crippen molar-refractivity contribution in [2.24, 2.45) is 5.92 Å². The lowest BCUT2D eigenvalue weighted by Crippen LogP contribution is -2.43. The molecule has 5 heteroatoms. The first-order valence-electron chi connectivity index (χ1n) is 6.53. The zero-order valence-electron chi connectivity index (χ0n) is 11.0. The smallest absolute Gasteiger partial charge is 0.321 e. The summed E-state index contributed by atoms with van der Waals surface area (Å²) in [5.74, 6) is 0.220. The van der Waals surface area contributed by atoms with E-state index in [0.29, 0.717) is 6.54 Å². The van der Waals surface area contributed by atoms with Gasteiger partial charge in [0.2, 0.25) is 0 Å². The molecule has 0 spiro atoms. The van der Waals surface area contributed by atoms with Gasteiger partial charge in [-0.1, -0.05) is 0 Å². The Bertz CT molecular complexity index is 465. The van der Waals surface area contributed by atoms with Crippen LogP contribution in [-0.2, 0) is 0 Å². The lowest BCUT2D eigenvalue weighted by molar-refractivity contribution is 0.136. The fraction of sp³-hybridized carbons (Fsp3) is 0.500. The van der Waals surface area contributed by atoms with Crippen molar-refractivity contribution in [3.63, 3.8) is 0 Å². The molecule has 0 radical (unpaired) electrons. The third-order valence-electron chi connectivity index (χ3n) is 3.49. The summed E-state index contributed by atoms with van der Waals surface area (Å²) in [5.41, 5.74) is 1.92. The van der Waals surface area contributed by atoms with E-state index in [4.69, 9.17) is 0 Å². The van der Waals surface area contributed by atoms with Gasteiger partial charge in [0.1, 0.15) is 0 Å². The number of likely N-dealkylation sites (tertiary alicyclic amines) is 1. The standard InChI is InChI=1S/C14H19IN2O2/c1-10-7-12(15)4-5-13(10)16-14(19)17-6-2-3-11(8-17)9-18/h4-5,7,11,18H,2-3,6,8-9H2,1H3,(H,16,19). The van der Waals surface area contributed by atoms with Crippen LogP contribution in [0.25, 0.3) is 0 Å². The molecule has 19 heavy (non-hydrogen) atoms. The Kier molecular flexibility index (Phi) is 5.04. The first-order valence-corrected chi connectivity index (χ1v) is 7.61. The van der Waals surface area contributed by atoms with E-state index in [2.05, 4.69) is 27.9 Å². The number of hydrogen-bond donors (Lipinski definition) is 2. The molecule has 1 aliphatic rings. The molecule has 1 aliphatic heterocycles. The van der Waals surface area contributed by atoms with Crippen LogP contribution in [0.4, 0.5) is 10.5 Å². The molecule has 2 N–H and O–H groups in total. The number of nitrogens with one attached hydrogen (secondary N) is 1. The van der Waals surface area contributed by atoms with Crippen LogP contribution in [0.5, 0.6) is 0 Å². The number of aliphatic hydroxyl groups is 1. The summed E-state index contributed by atoms with van der Waals surface area (Å²) in [5, 5.41) is 12.1. The van der Waals surface area contributed by atoms with Crippen LogP contribution in [0.1, 0.15) is 18.4 Å². The van der Waals surface area contributed by atoms with Gasteiger partial charge < -0.3 is 15.3 Å². The number of anilines is 1. The number of carbonyl (C=O) groups excluding carboxylic acids is 1. The zero-order chi connectivity index (χ0) is 13.8. The molecule has 1 fully saturated rings. The van der Waals surface area contributed by atoms with Crippen molar-refractivity contribution in [3.8, 4) is 0 Å². The van der Waals surface area contributed by atoms with Gasteiger partial charge in [-0.15, -0.1) is 0 Å². The van der Waals surface area contributed by atoms with Crippen molar-refractivity contribution in [2.45, 2.75) is 19.8 Å². The molecular weight excluding hydrogens is 355 g/mol. The number of carbonyl (C=O) groups is 1. The van der Waals surface area contributed by atoms with Crippen molar-refractivity contribution in [2.75, 3.05) is 25.0 Å². The number of benzene rings is 1. The average Bonchev–Trinajstić information content (AvgIpc) is 2.42. The summed E-state index contributed by atoms with van der Waals surface area (Å²) >= 11 is 2.26. The minimum Gasteiger partial charge on any atom is -0.396 e. The Hall–Kier alpha value is -0.820. The fourth-order valence-corrected chi connectivity index (χ4v) is 3.01. The summed E-state index contributed by atoms with van der Waals surface area (Å²) in [6, 6.07) is 5.89. The van der Waals surface area contributed by atoms with Gasteiger partial charge in [0.25, 0.3) is 0 Å². The highest BCUT2D eigenvalue weighted by molar-refractivity contribution is 14.1. The van der Waals surface area contributed by atoms with Gasteiger partial charge >= 0.3 is 6.03 Å². The number of rotatable bonds is 2. The topological polar surface area (TPSA) is 52.6 Å². The molecule has 0 aliphatic carbocycles. The third-order valence-corrected chi connectivity index (χ3v) is 4.17. The molecule has 1 heterocycles. The Balaban J connectivity index is 2.00. The molecule has 4 nitrogen and oxygen atoms in total. The van der Waals surface area contributed by atoms with E-state index in [1.807, 2.05) is 25.1 Å². The highest BCUT2D eigenvalue weighted by Gasteiger charge is 2.23. The van der Waals surface area contributed by atoms with Gasteiger partial charge in [0, 0.05) is 29.0 Å². The van der Waals surface area contributed by atoms with Crippen LogP contribution in [0.2, 0.25) is 0 Å². The average molecular weight is 374 g/mol. The van der Waals surface area contributed by atoms with Gasteiger partial charge in [0.15, 0.2) is 0 Å². The van der Waals surface area contributed by atoms with Crippen LogP contribution >= 0.6 is 22.6 Å². The number of nitrogens with zero attached hydrogens (tertiary/aromatic N) is 1. The summed E-state index contributed by atoms with van der Waals surface area (Å²) < 4.78 is 1.16. The maximum atomic E-state index is 12.2. The highest BCUT2D eigenvalue weighted by atomic mass is 127. The SMILES string of the molecule is Cc1cc(I)ccc1NC(=O)N1CCCC(CO)C1. The lowest BCUT2D eigenvalue weighted by atomic mass is 9.99. The van der Waals surface area contributed by atoms with Crippen LogP contribution < -0.4 is 5.32 Å². The van der Waals surface area contributed by atoms with Gasteiger partial charge in [-0.3, -0.25) is 0 Å². The van der Waals surface area contributed by atoms with Gasteiger partial charge in [-0.25, -0.2) is 4.79 Å². The highest BCUT2D eigenvalue weighted by Crippen LogP contribution is 2.20. The lowest BCUT2D eigenvalue weighted by Gasteiger charge is -2.32. The minimum absolute atomic E-state index is 0.0672. The number of halogens is 1. The fourth-order valence-electron chi connectivity index (χ4n) is 2.36. The van der Waals surface area contributed by atoms with Gasteiger partial charge in [-0.2, -0.15) is 0 Å². The van der Waals surface area contributed by atoms with E-state index >= 15 is 0 Å². The predicted molar refractivity (Wildman–Crippen MR) is 84.3 cm³/mol. The number of amides is 2. The summed E-state index contributed by atoms with van der Waals surface area (Å²) in [6.45, 7) is 3.56. The molecular formula is C14H19IN2O2. The minimum atomic E-state index is -0.0672. The second-order valence-corrected chi connectivity index (χ2v) is 6.27. The number of aliphatic hydroxyl groups excluding tert-OH is 1. The van der Waals surface area contributed by atoms with E-state index in [-0.39, 0.29) is 18.6 Å². The normalized spacial score (nSPS) is 19.3. The Morgan fingerprint density at radius 3 is 3.05 bits per heavy atom. The molecule has 0 bridgehead atoms. The maximum absolute atomic E-state index is 12.2. The van der Waals surface area contributed by atoms with Crippen molar-refractivity contribution < 1.29 is 9.90 Å². The molecule has 0 saturated carbocycles. The van der Waals surface area contributed by atoms with E-state index in [1.165, 1.54) is 0 Å². The first kappa shape index (κ1) is 14.6. The van der Waals surface area contributed by atoms with E-state index in [1.54, 1.807) is 4.90 Å².